The number of hydrogen-bond donors (Lipinski definition) is 1. The lowest BCUT2D eigenvalue weighted by atomic mass is 9.90. The van der Waals surface area contributed by atoms with Gasteiger partial charge in [-0.15, -0.1) is 0 Å². The molecular weight excluding hydrogens is 272 g/mol. The average Bonchev–Trinajstić information content (AvgIpc) is 2.51. The van der Waals surface area contributed by atoms with E-state index >= 15 is 0 Å². The average molecular weight is 286 g/mol. The monoisotopic (exact) mass is 286 g/mol. The maximum atomic E-state index is 11.0. The number of allylic oxidation sites excluding steroid dienone is 1. The van der Waals surface area contributed by atoms with Crippen LogP contribution in [0.2, 0.25) is 0 Å². The number of hydrogen-bond acceptors (Lipinski definition) is 1. The maximum absolute atomic E-state index is 11.0. The van der Waals surface area contributed by atoms with Crippen molar-refractivity contribution < 1.29 is 9.90 Å². The molecule has 2 heteroatoms. The Balaban J connectivity index is 2.20. The molecule has 0 amide bonds. The quantitative estimate of drug-likeness (QED) is 0.412. The van der Waals surface area contributed by atoms with Crippen LogP contribution in [0.3, 0.4) is 0 Å². The van der Waals surface area contributed by atoms with E-state index in [-0.39, 0.29) is 0 Å². The van der Waals surface area contributed by atoms with E-state index in [2.05, 4.69) is 48.5 Å². The van der Waals surface area contributed by atoms with Crippen LogP contribution in [-0.4, -0.2) is 11.1 Å². The van der Waals surface area contributed by atoms with Crippen LogP contribution in [0.1, 0.15) is 12.5 Å². The molecule has 4 aromatic carbocycles. The third-order valence-corrected chi connectivity index (χ3v) is 4.29. The van der Waals surface area contributed by atoms with Gasteiger partial charge < -0.3 is 5.11 Å². The van der Waals surface area contributed by atoms with Crippen LogP contribution in [0.5, 0.6) is 0 Å². The molecule has 2 nitrogen and oxygen atoms in total. The van der Waals surface area contributed by atoms with Crippen molar-refractivity contribution in [2.45, 2.75) is 6.92 Å². The Hall–Kier alpha value is -2.87. The molecule has 0 atom stereocenters. The second-order valence-electron chi connectivity index (χ2n) is 5.63. The molecule has 4 aromatic rings. The zero-order chi connectivity index (χ0) is 15.3. The van der Waals surface area contributed by atoms with E-state index in [4.69, 9.17) is 5.11 Å². The van der Waals surface area contributed by atoms with Gasteiger partial charge in [-0.3, -0.25) is 0 Å². The highest BCUT2D eigenvalue weighted by Crippen LogP contribution is 2.37. The maximum Gasteiger partial charge on any atom is 0.328 e. The molecule has 0 radical (unpaired) electrons. The molecule has 22 heavy (non-hydrogen) atoms. The van der Waals surface area contributed by atoms with Gasteiger partial charge in [0.05, 0.1) is 0 Å². The van der Waals surface area contributed by atoms with E-state index in [1.165, 1.54) is 33.0 Å². The first kappa shape index (κ1) is 12.8. The summed E-state index contributed by atoms with van der Waals surface area (Å²) in [6.45, 7) is 1.85. The predicted octanol–water partition coefficient (Wildman–Crippen LogP) is 5.07. The molecule has 0 unspecified atom stereocenters. The van der Waals surface area contributed by atoms with Gasteiger partial charge in [-0.25, -0.2) is 4.79 Å². The van der Waals surface area contributed by atoms with Crippen molar-refractivity contribution in [2.75, 3.05) is 0 Å². The molecule has 0 spiro atoms. The van der Waals surface area contributed by atoms with Gasteiger partial charge in [0.2, 0.25) is 0 Å². The summed E-state index contributed by atoms with van der Waals surface area (Å²) in [5, 5.41) is 16.2. The summed E-state index contributed by atoms with van der Waals surface area (Å²) in [6.07, 6.45) is 1.27. The fourth-order valence-electron chi connectivity index (χ4n) is 3.34. The highest BCUT2D eigenvalue weighted by molar-refractivity contribution is 6.24. The van der Waals surface area contributed by atoms with E-state index in [1.807, 2.05) is 13.0 Å². The van der Waals surface area contributed by atoms with Crippen molar-refractivity contribution in [1.82, 2.24) is 0 Å². The van der Waals surface area contributed by atoms with Crippen LogP contribution in [0.15, 0.2) is 60.7 Å². The molecule has 0 saturated heterocycles. The lowest BCUT2D eigenvalue weighted by Gasteiger charge is -2.14. The molecule has 106 valence electrons. The van der Waals surface area contributed by atoms with Gasteiger partial charge in [-0.05, 0) is 50.4 Å². The SMILES string of the molecule is C/C(=C/C(=O)O)c1ccc2ccc3cccc4ccc1c2c34. The summed E-state index contributed by atoms with van der Waals surface area (Å²) < 4.78 is 0. The first-order chi connectivity index (χ1) is 10.6. The van der Waals surface area contributed by atoms with E-state index in [1.54, 1.807) is 0 Å². The van der Waals surface area contributed by atoms with Crippen LogP contribution in [0.4, 0.5) is 0 Å². The van der Waals surface area contributed by atoms with Gasteiger partial charge >= 0.3 is 5.97 Å². The molecule has 0 aromatic heterocycles. The van der Waals surface area contributed by atoms with Crippen molar-refractivity contribution in [1.29, 1.82) is 0 Å². The summed E-state index contributed by atoms with van der Waals surface area (Å²) >= 11 is 0. The highest BCUT2D eigenvalue weighted by atomic mass is 16.4. The molecule has 0 bridgehead atoms. The summed E-state index contributed by atoms with van der Waals surface area (Å²) in [5.74, 6) is -0.914. The molecule has 0 aliphatic rings. The van der Waals surface area contributed by atoms with Crippen molar-refractivity contribution in [2.24, 2.45) is 0 Å². The van der Waals surface area contributed by atoms with Gasteiger partial charge in [0.15, 0.2) is 0 Å². The number of benzene rings is 4. The molecule has 4 rings (SSSR count). The largest absolute Gasteiger partial charge is 0.478 e. The Bertz CT molecular complexity index is 1040. The van der Waals surface area contributed by atoms with Gasteiger partial charge in [0.1, 0.15) is 0 Å². The molecule has 0 aliphatic carbocycles. The molecule has 0 heterocycles. The van der Waals surface area contributed by atoms with Crippen LogP contribution in [-0.2, 0) is 4.79 Å². The molecule has 0 saturated carbocycles. The molecule has 0 aliphatic heterocycles. The summed E-state index contributed by atoms with van der Waals surface area (Å²) in [5.41, 5.74) is 1.75. The minimum absolute atomic E-state index is 0.769. The van der Waals surface area contributed by atoms with Crippen LogP contribution in [0, 0.1) is 0 Å². The van der Waals surface area contributed by atoms with Crippen molar-refractivity contribution >= 4 is 43.9 Å². The van der Waals surface area contributed by atoms with Crippen molar-refractivity contribution in [3.05, 3.63) is 66.2 Å². The molecule has 1 N–H and O–H groups in total. The van der Waals surface area contributed by atoms with Gasteiger partial charge in [-0.2, -0.15) is 0 Å². The Morgan fingerprint density at radius 1 is 0.864 bits per heavy atom. The van der Waals surface area contributed by atoms with Crippen LogP contribution in [0.25, 0.3) is 37.9 Å². The third-order valence-electron chi connectivity index (χ3n) is 4.29. The topological polar surface area (TPSA) is 37.3 Å². The number of carboxylic acid groups (broad SMARTS) is 1. The number of carboxylic acids is 1. The number of rotatable bonds is 2. The lowest BCUT2D eigenvalue weighted by molar-refractivity contribution is -0.131. The van der Waals surface area contributed by atoms with Gasteiger partial charge in [0, 0.05) is 6.08 Å². The minimum atomic E-state index is -0.914. The normalized spacial score (nSPS) is 12.5. The Kier molecular flexibility index (Phi) is 2.67. The second-order valence-corrected chi connectivity index (χ2v) is 5.63. The smallest absolute Gasteiger partial charge is 0.328 e. The Morgan fingerprint density at radius 3 is 2.14 bits per heavy atom. The van der Waals surface area contributed by atoms with Crippen LogP contribution >= 0.6 is 0 Å². The van der Waals surface area contributed by atoms with E-state index in [9.17, 15) is 4.79 Å². The highest BCUT2D eigenvalue weighted by Gasteiger charge is 2.11. The molecule has 0 fully saturated rings. The minimum Gasteiger partial charge on any atom is -0.478 e. The fourth-order valence-corrected chi connectivity index (χ4v) is 3.34. The van der Waals surface area contributed by atoms with Crippen molar-refractivity contribution in [3.8, 4) is 0 Å². The number of carbonyl (C=O) groups is 1. The van der Waals surface area contributed by atoms with Crippen molar-refractivity contribution in [3.63, 3.8) is 0 Å². The second kappa shape index (κ2) is 4.57. The van der Waals surface area contributed by atoms with E-state index < -0.39 is 5.97 Å². The van der Waals surface area contributed by atoms with Gasteiger partial charge in [-0.1, -0.05) is 54.6 Å². The fraction of sp³-hybridized carbons (Fsp3) is 0.0500. The number of aliphatic carboxylic acids is 1. The van der Waals surface area contributed by atoms with E-state index in [0.29, 0.717) is 0 Å². The zero-order valence-corrected chi connectivity index (χ0v) is 12.1. The lowest BCUT2D eigenvalue weighted by Crippen LogP contribution is -1.92. The summed E-state index contributed by atoms with van der Waals surface area (Å²) in [6, 6.07) is 18.9. The van der Waals surface area contributed by atoms with Crippen LogP contribution < -0.4 is 0 Å². The zero-order valence-electron chi connectivity index (χ0n) is 12.1. The first-order valence-electron chi connectivity index (χ1n) is 7.23. The van der Waals surface area contributed by atoms with Gasteiger partial charge in [0.25, 0.3) is 0 Å². The Morgan fingerprint density at radius 2 is 1.45 bits per heavy atom. The first-order valence-corrected chi connectivity index (χ1v) is 7.23. The Labute approximate surface area is 127 Å². The van der Waals surface area contributed by atoms with E-state index in [0.717, 1.165) is 16.5 Å². The standard InChI is InChI=1S/C20H14O2/c1-12(11-18(21)22)16-9-7-15-6-5-13-3-2-4-14-8-10-17(16)20(15)19(13)14/h2-11H,1H3,(H,21,22)/b12-11-. The summed E-state index contributed by atoms with van der Waals surface area (Å²) in [7, 11) is 0. The predicted molar refractivity (Wildman–Crippen MR) is 91.4 cm³/mol. The summed E-state index contributed by atoms with van der Waals surface area (Å²) in [4.78, 5) is 11.0. The molecular formula is C20H14O2. The third kappa shape index (κ3) is 1.77.